The summed E-state index contributed by atoms with van der Waals surface area (Å²) >= 11 is 1.57. The zero-order valence-electron chi connectivity index (χ0n) is 29.5. The van der Waals surface area contributed by atoms with E-state index in [0.29, 0.717) is 17.7 Å². The molecule has 10 heteroatoms. The molecule has 0 saturated heterocycles. The molecule has 3 rings (SSSR count). The van der Waals surface area contributed by atoms with E-state index in [1.807, 2.05) is 68.6 Å². The Morgan fingerprint density at radius 2 is 1.51 bits per heavy atom. The molecule has 1 aliphatic carbocycles. The van der Waals surface area contributed by atoms with Crippen molar-refractivity contribution in [2.24, 2.45) is 0 Å². The Kier molecular flexibility index (Phi) is 13.3. The number of alkyl carbamates (subject to hydrolysis) is 1. The number of hydrogen-bond donors (Lipinski definition) is 2. The van der Waals surface area contributed by atoms with Gasteiger partial charge in [-0.3, -0.25) is 9.59 Å². The van der Waals surface area contributed by atoms with Crippen molar-refractivity contribution in [3.8, 4) is 0 Å². The maximum absolute atomic E-state index is 14.6. The molecule has 0 aromatic heterocycles. The van der Waals surface area contributed by atoms with Crippen LogP contribution in [0.15, 0.2) is 48.5 Å². The van der Waals surface area contributed by atoms with E-state index < -0.39 is 47.3 Å². The average molecular weight is 668 g/mol. The molecule has 3 unspecified atom stereocenters. The third kappa shape index (κ3) is 11.6. The van der Waals surface area contributed by atoms with E-state index in [0.717, 1.165) is 36.0 Å². The fourth-order valence-electron chi connectivity index (χ4n) is 5.35. The monoisotopic (exact) mass is 667 g/mol. The first-order valence-corrected chi connectivity index (χ1v) is 17.8. The summed E-state index contributed by atoms with van der Waals surface area (Å²) < 4.78 is 11.3. The van der Waals surface area contributed by atoms with Crippen molar-refractivity contribution in [2.75, 3.05) is 12.0 Å². The number of aryl methyl sites for hydroxylation is 2. The van der Waals surface area contributed by atoms with Gasteiger partial charge in [-0.05, 0) is 115 Å². The van der Waals surface area contributed by atoms with Gasteiger partial charge in [-0.15, -0.1) is 0 Å². The molecule has 9 nitrogen and oxygen atoms in total. The lowest BCUT2D eigenvalue weighted by Gasteiger charge is -2.44. The molecule has 3 atom stereocenters. The molecule has 0 heterocycles. The number of ether oxygens (including phenoxy) is 2. The first kappa shape index (κ1) is 37.9. The molecule has 1 aliphatic rings. The second-order valence-corrected chi connectivity index (χ2v) is 15.3. The number of hydrogen-bond acceptors (Lipinski definition) is 7. The minimum absolute atomic E-state index is 0.217. The van der Waals surface area contributed by atoms with Gasteiger partial charge in [-0.25, -0.2) is 9.59 Å². The van der Waals surface area contributed by atoms with E-state index in [9.17, 15) is 19.2 Å². The first-order valence-electron chi connectivity index (χ1n) is 16.4. The Bertz CT molecular complexity index is 1380. The molecule has 0 aliphatic heterocycles. The molecule has 1 fully saturated rings. The summed E-state index contributed by atoms with van der Waals surface area (Å²) in [6, 6.07) is 12.0. The first-order chi connectivity index (χ1) is 22.0. The Morgan fingerprint density at radius 1 is 0.872 bits per heavy atom. The van der Waals surface area contributed by atoms with Crippen LogP contribution in [0.1, 0.15) is 95.5 Å². The highest BCUT2D eigenvalue weighted by atomic mass is 32.2. The van der Waals surface area contributed by atoms with Crippen LogP contribution in [0.25, 0.3) is 0 Å². The molecule has 1 saturated carbocycles. The molecule has 258 valence electrons. The molecule has 2 N–H and O–H groups in total. The predicted octanol–water partition coefficient (Wildman–Crippen LogP) is 6.44. The van der Waals surface area contributed by atoms with Crippen LogP contribution in [0.2, 0.25) is 0 Å². The van der Waals surface area contributed by atoms with Crippen molar-refractivity contribution in [1.82, 2.24) is 15.5 Å². The van der Waals surface area contributed by atoms with Crippen LogP contribution in [0, 0.1) is 13.8 Å². The van der Waals surface area contributed by atoms with Crippen LogP contribution in [-0.2, 0) is 30.3 Å². The number of nitrogens with zero attached hydrogens (tertiary/aromatic N) is 1. The van der Waals surface area contributed by atoms with Crippen LogP contribution in [-0.4, -0.2) is 70.1 Å². The van der Waals surface area contributed by atoms with Gasteiger partial charge >= 0.3 is 12.1 Å². The lowest BCUT2D eigenvalue weighted by atomic mass is 9.87. The van der Waals surface area contributed by atoms with Gasteiger partial charge in [-0.1, -0.05) is 48.5 Å². The maximum Gasteiger partial charge on any atom is 0.408 e. The SMILES string of the molecule is CSCCC(NC(=O)OC(C)(C)C)C(=O)N(C1CCC1)C(C(=O)NC(Cc1ccccc1)C(=O)OC(C)(C)C)c1ccc(C)c(C)c1. The van der Waals surface area contributed by atoms with Crippen molar-refractivity contribution in [3.63, 3.8) is 0 Å². The third-order valence-electron chi connectivity index (χ3n) is 7.99. The van der Waals surface area contributed by atoms with Crippen molar-refractivity contribution in [3.05, 3.63) is 70.8 Å². The van der Waals surface area contributed by atoms with Crippen molar-refractivity contribution in [1.29, 1.82) is 0 Å². The highest BCUT2D eigenvalue weighted by Gasteiger charge is 2.43. The van der Waals surface area contributed by atoms with Crippen LogP contribution < -0.4 is 10.6 Å². The molecule has 0 spiro atoms. The molecule has 0 radical (unpaired) electrons. The summed E-state index contributed by atoms with van der Waals surface area (Å²) in [5.41, 5.74) is 2.00. The topological polar surface area (TPSA) is 114 Å². The van der Waals surface area contributed by atoms with Crippen LogP contribution in [0.4, 0.5) is 4.79 Å². The number of nitrogens with one attached hydrogen (secondary N) is 2. The van der Waals surface area contributed by atoms with E-state index in [1.165, 1.54) is 0 Å². The van der Waals surface area contributed by atoms with Gasteiger partial charge < -0.3 is 25.0 Å². The van der Waals surface area contributed by atoms with Gasteiger partial charge in [0, 0.05) is 12.5 Å². The van der Waals surface area contributed by atoms with Gasteiger partial charge in [0.2, 0.25) is 11.8 Å². The minimum Gasteiger partial charge on any atom is -0.458 e. The predicted molar refractivity (Wildman–Crippen MR) is 187 cm³/mol. The minimum atomic E-state index is -1.05. The number of rotatable bonds is 13. The van der Waals surface area contributed by atoms with Crippen LogP contribution in [0.5, 0.6) is 0 Å². The molecule has 3 amide bonds. The van der Waals surface area contributed by atoms with Gasteiger partial charge in [0.15, 0.2) is 0 Å². The number of carbonyl (C=O) groups is 4. The quantitative estimate of drug-likeness (QED) is 0.236. The second kappa shape index (κ2) is 16.5. The zero-order chi connectivity index (χ0) is 34.9. The largest absolute Gasteiger partial charge is 0.458 e. The lowest BCUT2D eigenvalue weighted by Crippen LogP contribution is -2.58. The summed E-state index contributed by atoms with van der Waals surface area (Å²) in [6.07, 6.45) is 4.19. The highest BCUT2D eigenvalue weighted by molar-refractivity contribution is 7.98. The molecule has 2 aromatic rings. The normalized spacial score (nSPS) is 15.4. The van der Waals surface area contributed by atoms with E-state index in [-0.39, 0.29) is 18.4 Å². The lowest BCUT2D eigenvalue weighted by molar-refractivity contribution is -0.159. The fourth-order valence-corrected chi connectivity index (χ4v) is 5.82. The third-order valence-corrected chi connectivity index (χ3v) is 8.63. The van der Waals surface area contributed by atoms with Crippen LogP contribution >= 0.6 is 11.8 Å². The molecule has 47 heavy (non-hydrogen) atoms. The number of benzene rings is 2. The Hall–Kier alpha value is -3.53. The summed E-state index contributed by atoms with van der Waals surface area (Å²) in [5, 5.41) is 5.79. The number of carbonyl (C=O) groups excluding carboxylic acids is 4. The van der Waals surface area contributed by atoms with Crippen molar-refractivity contribution >= 4 is 35.6 Å². The van der Waals surface area contributed by atoms with Crippen LogP contribution in [0.3, 0.4) is 0 Å². The summed E-state index contributed by atoms with van der Waals surface area (Å²) in [7, 11) is 0. The smallest absolute Gasteiger partial charge is 0.408 e. The number of amides is 3. The highest BCUT2D eigenvalue weighted by Crippen LogP contribution is 2.35. The molecular formula is C37H53N3O6S. The van der Waals surface area contributed by atoms with Gasteiger partial charge in [0.1, 0.15) is 29.3 Å². The summed E-state index contributed by atoms with van der Waals surface area (Å²) in [4.78, 5) is 57.4. The fraction of sp³-hybridized carbons (Fsp3) is 0.568. The van der Waals surface area contributed by atoms with Gasteiger partial charge in [0.25, 0.3) is 0 Å². The standard InChI is InChI=1S/C37H53N3O6S/c1-24-18-19-27(22-25(24)2)31(32(41)38-30(34(43)45-36(3,4)5)23-26-14-11-10-12-15-26)40(28-16-13-17-28)33(42)29(20-21-47-9)39-35(44)46-37(6,7)8/h10-12,14-15,18-19,22,28-31H,13,16-17,20-21,23H2,1-9H3,(H,38,41)(H,39,44). The summed E-state index contributed by atoms with van der Waals surface area (Å²) in [5.74, 6) is -0.784. The van der Waals surface area contributed by atoms with E-state index in [4.69, 9.17) is 9.47 Å². The molecule has 2 aromatic carbocycles. The molecule has 0 bridgehead atoms. The zero-order valence-corrected chi connectivity index (χ0v) is 30.3. The Morgan fingerprint density at radius 3 is 2.04 bits per heavy atom. The number of thioether (sulfide) groups is 1. The van der Waals surface area contributed by atoms with Crippen molar-refractivity contribution < 1.29 is 28.7 Å². The van der Waals surface area contributed by atoms with E-state index >= 15 is 0 Å². The summed E-state index contributed by atoms with van der Waals surface area (Å²) in [6.45, 7) is 14.6. The Labute approximate surface area is 284 Å². The second-order valence-electron chi connectivity index (χ2n) is 14.3. The van der Waals surface area contributed by atoms with Crippen molar-refractivity contribution in [2.45, 2.75) is 123 Å². The van der Waals surface area contributed by atoms with E-state index in [1.54, 1.807) is 58.2 Å². The maximum atomic E-state index is 14.6. The molecular weight excluding hydrogens is 614 g/mol. The Balaban J connectivity index is 2.08. The number of esters is 1. The van der Waals surface area contributed by atoms with E-state index in [2.05, 4.69) is 10.6 Å². The van der Waals surface area contributed by atoms with Gasteiger partial charge in [-0.2, -0.15) is 11.8 Å². The average Bonchev–Trinajstić information content (AvgIpc) is 2.93. The van der Waals surface area contributed by atoms with Gasteiger partial charge in [0.05, 0.1) is 0 Å².